The lowest BCUT2D eigenvalue weighted by molar-refractivity contribution is 0.103. The molecule has 0 aromatic heterocycles. The van der Waals surface area contributed by atoms with E-state index in [0.717, 1.165) is 6.54 Å². The summed E-state index contributed by atoms with van der Waals surface area (Å²) in [4.78, 5) is 11.9. The van der Waals surface area contributed by atoms with Crippen molar-refractivity contribution < 1.29 is 19.4 Å². The molecule has 1 aliphatic rings. The van der Waals surface area contributed by atoms with Crippen LogP contribution in [0.25, 0.3) is 0 Å². The zero-order chi connectivity index (χ0) is 15.2. The minimum atomic E-state index is -0.526. The Morgan fingerprint density at radius 3 is 2.68 bits per heavy atom. The SMILES string of the molecule is COc1ccc(NC(=O)N[C@H]2CNCC[C@H]2O)cc1OC.Cl. The van der Waals surface area contributed by atoms with E-state index in [2.05, 4.69) is 16.0 Å². The van der Waals surface area contributed by atoms with Gasteiger partial charge >= 0.3 is 6.03 Å². The smallest absolute Gasteiger partial charge is 0.319 e. The number of aliphatic hydroxyl groups is 1. The molecule has 1 heterocycles. The van der Waals surface area contributed by atoms with Crippen LogP contribution in [0.2, 0.25) is 0 Å². The molecule has 1 aromatic carbocycles. The number of urea groups is 1. The summed E-state index contributed by atoms with van der Waals surface area (Å²) in [5.41, 5.74) is 0.586. The van der Waals surface area contributed by atoms with E-state index in [1.165, 1.54) is 7.11 Å². The first-order valence-electron chi connectivity index (χ1n) is 6.82. The summed E-state index contributed by atoms with van der Waals surface area (Å²) in [7, 11) is 3.08. The molecule has 0 radical (unpaired) electrons. The largest absolute Gasteiger partial charge is 0.493 e. The van der Waals surface area contributed by atoms with Gasteiger partial charge in [0, 0.05) is 18.3 Å². The number of benzene rings is 1. The fraction of sp³-hybridized carbons (Fsp3) is 0.500. The van der Waals surface area contributed by atoms with Crippen LogP contribution in [0, 0.1) is 0 Å². The molecule has 0 bridgehead atoms. The standard InChI is InChI=1S/C14H21N3O4.ClH/c1-20-12-4-3-9(7-13(12)21-2)16-14(19)17-10-8-15-6-5-11(10)18;/h3-4,7,10-11,15,18H,5-6,8H2,1-2H3,(H2,16,17,19);1H/t10-,11+;/m0./s1. The highest BCUT2D eigenvalue weighted by molar-refractivity contribution is 5.90. The van der Waals surface area contributed by atoms with Gasteiger partial charge in [-0.15, -0.1) is 12.4 Å². The third-order valence-electron chi connectivity index (χ3n) is 3.40. The molecule has 7 nitrogen and oxygen atoms in total. The third-order valence-corrected chi connectivity index (χ3v) is 3.40. The zero-order valence-electron chi connectivity index (χ0n) is 12.6. The van der Waals surface area contributed by atoms with Gasteiger partial charge in [0.15, 0.2) is 11.5 Å². The Morgan fingerprint density at radius 1 is 1.32 bits per heavy atom. The number of carbonyl (C=O) groups is 1. The quantitative estimate of drug-likeness (QED) is 0.660. The van der Waals surface area contributed by atoms with E-state index in [4.69, 9.17) is 9.47 Å². The number of hydrogen-bond acceptors (Lipinski definition) is 5. The van der Waals surface area contributed by atoms with Gasteiger partial charge in [-0.3, -0.25) is 0 Å². The summed E-state index contributed by atoms with van der Waals surface area (Å²) in [5, 5.41) is 18.4. The van der Waals surface area contributed by atoms with E-state index in [9.17, 15) is 9.90 Å². The fourth-order valence-corrected chi connectivity index (χ4v) is 2.24. The molecule has 1 aliphatic heterocycles. The van der Waals surface area contributed by atoms with Crippen LogP contribution in [-0.2, 0) is 0 Å². The number of carbonyl (C=O) groups excluding carboxylic acids is 1. The monoisotopic (exact) mass is 331 g/mol. The maximum absolute atomic E-state index is 11.9. The highest BCUT2D eigenvalue weighted by Gasteiger charge is 2.24. The molecule has 2 rings (SSSR count). The van der Waals surface area contributed by atoms with E-state index < -0.39 is 6.10 Å². The van der Waals surface area contributed by atoms with E-state index >= 15 is 0 Å². The van der Waals surface area contributed by atoms with E-state index in [1.54, 1.807) is 25.3 Å². The van der Waals surface area contributed by atoms with Crippen LogP contribution in [0.5, 0.6) is 11.5 Å². The number of aliphatic hydroxyl groups excluding tert-OH is 1. The van der Waals surface area contributed by atoms with Gasteiger partial charge in [-0.05, 0) is 25.1 Å². The lowest BCUT2D eigenvalue weighted by Gasteiger charge is -2.29. The molecule has 4 N–H and O–H groups in total. The van der Waals surface area contributed by atoms with Crippen LogP contribution in [-0.4, -0.2) is 50.6 Å². The summed E-state index contributed by atoms with van der Waals surface area (Å²) < 4.78 is 10.3. The molecule has 0 unspecified atom stereocenters. The Bertz CT molecular complexity index is 501. The van der Waals surface area contributed by atoms with Gasteiger partial charge in [0.05, 0.1) is 26.4 Å². The number of nitrogens with one attached hydrogen (secondary N) is 3. The molecule has 0 saturated carbocycles. The number of piperidine rings is 1. The second-order valence-corrected chi connectivity index (χ2v) is 4.83. The van der Waals surface area contributed by atoms with Gasteiger partial charge in [0.1, 0.15) is 0 Å². The second kappa shape index (κ2) is 8.67. The maximum atomic E-state index is 11.9. The van der Waals surface area contributed by atoms with Crippen LogP contribution >= 0.6 is 12.4 Å². The Hall–Kier alpha value is -1.70. The van der Waals surface area contributed by atoms with Crippen molar-refractivity contribution in [1.82, 2.24) is 10.6 Å². The molecule has 2 atom stereocenters. The minimum absolute atomic E-state index is 0. The fourth-order valence-electron chi connectivity index (χ4n) is 2.24. The average Bonchev–Trinajstić information content (AvgIpc) is 2.49. The van der Waals surface area contributed by atoms with E-state index in [1.807, 2.05) is 0 Å². The summed E-state index contributed by atoms with van der Waals surface area (Å²) in [6, 6.07) is 4.45. The summed E-state index contributed by atoms with van der Waals surface area (Å²) in [5.74, 6) is 1.13. The lowest BCUT2D eigenvalue weighted by Crippen LogP contribution is -2.54. The Morgan fingerprint density at radius 2 is 2.05 bits per heavy atom. The number of ether oxygens (including phenoxy) is 2. The van der Waals surface area contributed by atoms with Crippen LogP contribution in [0.1, 0.15) is 6.42 Å². The lowest BCUT2D eigenvalue weighted by atomic mass is 10.0. The topological polar surface area (TPSA) is 91.9 Å². The predicted octanol–water partition coefficient (Wildman–Crippen LogP) is 0.970. The summed E-state index contributed by atoms with van der Waals surface area (Å²) >= 11 is 0. The first kappa shape index (κ1) is 18.3. The van der Waals surface area contributed by atoms with Gasteiger partial charge < -0.3 is 30.5 Å². The molecule has 8 heteroatoms. The van der Waals surface area contributed by atoms with Crippen molar-refractivity contribution in [1.29, 1.82) is 0 Å². The highest BCUT2D eigenvalue weighted by atomic mass is 35.5. The first-order valence-corrected chi connectivity index (χ1v) is 6.82. The molecule has 124 valence electrons. The van der Waals surface area contributed by atoms with Crippen molar-refractivity contribution >= 4 is 24.1 Å². The van der Waals surface area contributed by atoms with E-state index in [0.29, 0.717) is 30.2 Å². The molecular weight excluding hydrogens is 310 g/mol. The van der Waals surface area contributed by atoms with Crippen molar-refractivity contribution in [3.8, 4) is 11.5 Å². The molecular formula is C14H22ClN3O4. The van der Waals surface area contributed by atoms with Crippen molar-refractivity contribution in [2.45, 2.75) is 18.6 Å². The highest BCUT2D eigenvalue weighted by Crippen LogP contribution is 2.29. The Kier molecular flexibility index (Phi) is 7.23. The van der Waals surface area contributed by atoms with Gasteiger partial charge in [0.25, 0.3) is 0 Å². The molecule has 0 spiro atoms. The van der Waals surface area contributed by atoms with Crippen molar-refractivity contribution in [3.63, 3.8) is 0 Å². The molecule has 1 aromatic rings. The number of halogens is 1. The second-order valence-electron chi connectivity index (χ2n) is 4.83. The Labute approximate surface area is 135 Å². The first-order chi connectivity index (χ1) is 10.1. The number of methoxy groups -OCH3 is 2. The summed E-state index contributed by atoms with van der Waals surface area (Å²) in [6.07, 6.45) is 0.101. The van der Waals surface area contributed by atoms with Gasteiger partial charge in [-0.25, -0.2) is 4.79 Å². The van der Waals surface area contributed by atoms with Crippen molar-refractivity contribution in [2.75, 3.05) is 32.6 Å². The predicted molar refractivity (Wildman–Crippen MR) is 86.2 cm³/mol. The average molecular weight is 332 g/mol. The molecule has 0 aliphatic carbocycles. The molecule has 1 saturated heterocycles. The van der Waals surface area contributed by atoms with Gasteiger partial charge in [-0.2, -0.15) is 0 Å². The van der Waals surface area contributed by atoms with Gasteiger partial charge in [-0.1, -0.05) is 0 Å². The van der Waals surface area contributed by atoms with Gasteiger partial charge in [0.2, 0.25) is 0 Å². The van der Waals surface area contributed by atoms with Crippen LogP contribution in [0.15, 0.2) is 18.2 Å². The number of anilines is 1. The zero-order valence-corrected chi connectivity index (χ0v) is 13.4. The molecule has 1 fully saturated rings. The van der Waals surface area contributed by atoms with Crippen molar-refractivity contribution in [3.05, 3.63) is 18.2 Å². The number of hydrogen-bond donors (Lipinski definition) is 4. The van der Waals surface area contributed by atoms with Crippen LogP contribution in [0.4, 0.5) is 10.5 Å². The maximum Gasteiger partial charge on any atom is 0.319 e. The Balaban J connectivity index is 0.00000242. The normalized spacial score (nSPS) is 20.5. The van der Waals surface area contributed by atoms with Crippen molar-refractivity contribution in [2.24, 2.45) is 0 Å². The minimum Gasteiger partial charge on any atom is -0.493 e. The summed E-state index contributed by atoms with van der Waals surface area (Å²) in [6.45, 7) is 1.32. The van der Waals surface area contributed by atoms with Crippen LogP contribution in [0.3, 0.4) is 0 Å². The number of rotatable bonds is 4. The molecule has 22 heavy (non-hydrogen) atoms. The van der Waals surface area contributed by atoms with Crippen LogP contribution < -0.4 is 25.4 Å². The molecule has 2 amide bonds. The third kappa shape index (κ3) is 4.66. The van der Waals surface area contributed by atoms with E-state index in [-0.39, 0.29) is 24.5 Å². The number of amides is 2.